The Morgan fingerprint density at radius 3 is 2.65 bits per heavy atom. The molecule has 3 aromatic heterocycles. The zero-order valence-corrected chi connectivity index (χ0v) is 21.0. The number of aromatic nitrogens is 3. The van der Waals surface area contributed by atoms with Crippen molar-refractivity contribution in [2.24, 2.45) is 0 Å². The first-order valence-corrected chi connectivity index (χ1v) is 11.9. The van der Waals surface area contributed by atoms with Crippen LogP contribution in [-0.4, -0.2) is 25.4 Å². The van der Waals surface area contributed by atoms with E-state index in [0.717, 1.165) is 21.7 Å². The number of carbonyl (C=O) groups is 1. The van der Waals surface area contributed by atoms with Gasteiger partial charge in [0.2, 0.25) is 0 Å². The van der Waals surface area contributed by atoms with E-state index in [2.05, 4.69) is 15.3 Å². The van der Waals surface area contributed by atoms with Gasteiger partial charge in [0.25, 0.3) is 5.56 Å². The van der Waals surface area contributed by atoms with E-state index in [0.29, 0.717) is 0 Å². The first kappa shape index (κ1) is 24.9. The molecule has 5 rings (SSSR count). The summed E-state index contributed by atoms with van der Waals surface area (Å²) < 4.78 is 29.5. The Morgan fingerprint density at radius 1 is 1.16 bits per heavy atom. The molecule has 4 heterocycles. The van der Waals surface area contributed by atoms with Crippen molar-refractivity contribution in [3.05, 3.63) is 97.1 Å². The van der Waals surface area contributed by atoms with Crippen molar-refractivity contribution >= 4 is 46.3 Å². The van der Waals surface area contributed by atoms with Crippen molar-refractivity contribution in [3.63, 3.8) is 0 Å². The van der Waals surface area contributed by atoms with Crippen molar-refractivity contribution in [3.8, 4) is 0 Å². The zero-order valence-electron chi connectivity index (χ0n) is 19.5. The van der Waals surface area contributed by atoms with Crippen LogP contribution in [0.4, 0.5) is 20.3 Å². The Balaban J connectivity index is 1.62. The number of carboxylic acid groups (broad SMARTS) is 1. The lowest BCUT2D eigenvalue weighted by Crippen LogP contribution is -2.27. The van der Waals surface area contributed by atoms with Crippen molar-refractivity contribution in [2.45, 2.75) is 32.5 Å². The molecule has 0 saturated heterocycles. The van der Waals surface area contributed by atoms with E-state index >= 15 is 0 Å². The zero-order chi connectivity index (χ0) is 26.6. The summed E-state index contributed by atoms with van der Waals surface area (Å²) in [5, 5.41) is 12.3. The van der Waals surface area contributed by atoms with Crippen molar-refractivity contribution in [1.82, 2.24) is 14.4 Å². The molecular weight excluding hydrogens is 527 g/mol. The Labute approximate surface area is 219 Å². The third-order valence-electron chi connectivity index (χ3n) is 6.38. The van der Waals surface area contributed by atoms with E-state index < -0.39 is 23.4 Å². The van der Waals surface area contributed by atoms with Gasteiger partial charge in [-0.1, -0.05) is 29.3 Å². The van der Waals surface area contributed by atoms with Gasteiger partial charge in [0.05, 0.1) is 17.8 Å². The smallest absolute Gasteiger partial charge is 0.356 e. The summed E-state index contributed by atoms with van der Waals surface area (Å²) in [5.41, 5.74) is 1.18. The Hall–Kier alpha value is -3.76. The molecule has 2 atom stereocenters. The fourth-order valence-corrected chi connectivity index (χ4v) is 4.99. The van der Waals surface area contributed by atoms with Gasteiger partial charge in [-0.05, 0) is 55.3 Å². The van der Waals surface area contributed by atoms with Crippen molar-refractivity contribution in [1.29, 1.82) is 0 Å². The summed E-state index contributed by atoms with van der Waals surface area (Å²) in [6.07, 6.45) is 0.987. The van der Waals surface area contributed by atoms with Crippen LogP contribution in [-0.2, 0) is 6.54 Å². The van der Waals surface area contributed by atoms with Crippen molar-refractivity contribution in [2.75, 3.05) is 10.2 Å². The number of benzene rings is 1. The number of nitrogens with zero attached hydrogens (tertiary/aromatic N) is 4. The van der Waals surface area contributed by atoms with Crippen LogP contribution in [0.3, 0.4) is 0 Å². The molecule has 0 bridgehead atoms. The fraction of sp³-hybridized carbons (Fsp3) is 0.200. The molecule has 0 radical (unpaired) electrons. The highest BCUT2D eigenvalue weighted by molar-refractivity contribution is 6.32. The Morgan fingerprint density at radius 2 is 1.92 bits per heavy atom. The normalized spacial score (nSPS) is 15.6. The van der Waals surface area contributed by atoms with Gasteiger partial charge in [0.15, 0.2) is 11.5 Å². The van der Waals surface area contributed by atoms with Crippen LogP contribution in [0.2, 0.25) is 10.2 Å². The minimum atomic E-state index is -1.30. The number of fused-ring (bicyclic) bond motifs is 2. The molecule has 0 amide bonds. The van der Waals surface area contributed by atoms with Crippen LogP contribution in [0.5, 0.6) is 0 Å². The number of aromatic carboxylic acids is 1. The maximum atomic E-state index is 14.6. The SMILES string of the molecule is C[C@@H]1c2ccc(F)cc2CN1c1nc2c([C@@H](C)Nc3ccc(Cl)nc3C(=O)O)cc(F)cn2c(=O)c1Cl. The largest absolute Gasteiger partial charge is 0.476 e. The molecule has 37 heavy (non-hydrogen) atoms. The fourth-order valence-electron chi connectivity index (χ4n) is 4.60. The minimum absolute atomic E-state index is 0.0000726. The van der Waals surface area contributed by atoms with E-state index in [-0.39, 0.29) is 57.0 Å². The number of carboxylic acids is 1. The van der Waals surface area contributed by atoms with E-state index in [1.807, 2.05) is 6.92 Å². The highest BCUT2D eigenvalue weighted by Crippen LogP contribution is 2.39. The van der Waals surface area contributed by atoms with Gasteiger partial charge in [-0.25, -0.2) is 23.5 Å². The number of halogens is 4. The lowest BCUT2D eigenvalue weighted by Gasteiger charge is -2.25. The van der Waals surface area contributed by atoms with Gasteiger partial charge < -0.3 is 15.3 Å². The molecule has 12 heteroatoms. The van der Waals surface area contributed by atoms with E-state index in [9.17, 15) is 23.5 Å². The molecule has 0 aliphatic carbocycles. The number of hydrogen-bond acceptors (Lipinski definition) is 6. The van der Waals surface area contributed by atoms with Gasteiger partial charge in [-0.2, -0.15) is 0 Å². The number of nitrogens with one attached hydrogen (secondary N) is 1. The average Bonchev–Trinajstić information content (AvgIpc) is 3.17. The number of rotatable bonds is 5. The van der Waals surface area contributed by atoms with E-state index in [1.54, 1.807) is 17.9 Å². The van der Waals surface area contributed by atoms with Crippen LogP contribution < -0.4 is 15.8 Å². The molecule has 0 spiro atoms. The Kier molecular flexibility index (Phi) is 6.25. The molecule has 0 fully saturated rings. The standard InChI is InChI=1S/C25H19Cl2F2N5O3/c1-11(30-18-5-6-19(26)31-21(18)25(36)37)17-8-15(29)10-34-22(17)32-23(20(27)24(34)35)33-9-13-7-14(28)3-4-16(13)12(33)2/h3-8,10-12,30H,9H2,1-2H3,(H,36,37)/t11-,12-/m1/s1. The molecule has 8 nitrogen and oxygen atoms in total. The summed E-state index contributed by atoms with van der Waals surface area (Å²) in [6.45, 7) is 3.83. The highest BCUT2D eigenvalue weighted by Gasteiger charge is 2.31. The van der Waals surface area contributed by atoms with Crippen molar-refractivity contribution < 1.29 is 18.7 Å². The predicted molar refractivity (Wildman–Crippen MR) is 136 cm³/mol. The monoisotopic (exact) mass is 545 g/mol. The van der Waals surface area contributed by atoms with Crippen LogP contribution in [0.1, 0.15) is 53.1 Å². The van der Waals surface area contributed by atoms with Gasteiger partial charge in [-0.3, -0.25) is 9.20 Å². The Bertz CT molecular complexity index is 1650. The third kappa shape index (κ3) is 4.36. The molecule has 1 aliphatic heterocycles. The van der Waals surface area contributed by atoms with Crippen LogP contribution >= 0.6 is 23.2 Å². The lowest BCUT2D eigenvalue weighted by atomic mass is 10.1. The first-order chi connectivity index (χ1) is 17.5. The predicted octanol–water partition coefficient (Wildman–Crippen LogP) is 5.63. The average molecular weight is 546 g/mol. The molecule has 190 valence electrons. The molecule has 0 unspecified atom stereocenters. The molecule has 1 aromatic carbocycles. The second-order valence-corrected chi connectivity index (χ2v) is 9.48. The first-order valence-electron chi connectivity index (χ1n) is 11.2. The molecule has 1 aliphatic rings. The summed E-state index contributed by atoms with van der Waals surface area (Å²) in [4.78, 5) is 35.1. The quantitative estimate of drug-likeness (QED) is 0.313. The van der Waals surface area contributed by atoms with Gasteiger partial charge in [-0.15, -0.1) is 0 Å². The molecular formula is C25H19Cl2F2N5O3. The van der Waals surface area contributed by atoms with E-state index in [1.165, 1.54) is 30.3 Å². The lowest BCUT2D eigenvalue weighted by molar-refractivity contribution is 0.0691. The number of anilines is 2. The molecule has 0 saturated carbocycles. The van der Waals surface area contributed by atoms with Crippen LogP contribution in [0.25, 0.3) is 5.65 Å². The molecule has 2 N–H and O–H groups in total. The maximum absolute atomic E-state index is 14.6. The van der Waals surface area contributed by atoms with Crippen LogP contribution in [0.15, 0.2) is 47.4 Å². The third-order valence-corrected chi connectivity index (χ3v) is 6.93. The number of pyridine rings is 2. The topological polar surface area (TPSA) is 99.8 Å². The summed E-state index contributed by atoms with van der Waals surface area (Å²) in [6, 6.07) is 7.59. The summed E-state index contributed by atoms with van der Waals surface area (Å²) in [5.74, 6) is -2.21. The van der Waals surface area contributed by atoms with E-state index in [4.69, 9.17) is 23.2 Å². The second-order valence-electron chi connectivity index (χ2n) is 8.71. The van der Waals surface area contributed by atoms with Crippen LogP contribution in [0, 0.1) is 11.6 Å². The summed E-state index contributed by atoms with van der Waals surface area (Å²) in [7, 11) is 0. The van der Waals surface area contributed by atoms with Gasteiger partial charge >= 0.3 is 5.97 Å². The van der Waals surface area contributed by atoms with Gasteiger partial charge in [0, 0.05) is 18.3 Å². The number of hydrogen-bond donors (Lipinski definition) is 2. The molecule has 4 aromatic rings. The minimum Gasteiger partial charge on any atom is -0.476 e. The highest BCUT2D eigenvalue weighted by atomic mass is 35.5. The van der Waals surface area contributed by atoms with Gasteiger partial charge in [0.1, 0.15) is 27.5 Å². The second kappa shape index (κ2) is 9.28. The maximum Gasteiger partial charge on any atom is 0.356 e. The summed E-state index contributed by atoms with van der Waals surface area (Å²) >= 11 is 12.3.